The highest BCUT2D eigenvalue weighted by Gasteiger charge is 2.16. The van der Waals surface area contributed by atoms with E-state index in [9.17, 15) is 0 Å². The second-order valence-electron chi connectivity index (χ2n) is 5.84. The monoisotopic (exact) mass is 279 g/mol. The van der Waals surface area contributed by atoms with Gasteiger partial charge in [0, 0.05) is 6.54 Å². The summed E-state index contributed by atoms with van der Waals surface area (Å²) in [5, 5.41) is 0. The van der Waals surface area contributed by atoms with Gasteiger partial charge in [0.1, 0.15) is 5.84 Å². The minimum Gasteiger partial charge on any atom is -0.340 e. The van der Waals surface area contributed by atoms with Crippen LogP contribution in [0.5, 0.6) is 0 Å². The van der Waals surface area contributed by atoms with Gasteiger partial charge in [-0.3, -0.25) is 4.99 Å². The molecule has 0 bridgehead atoms. The molecular formula is C17H33N3. The van der Waals surface area contributed by atoms with Crippen LogP contribution in [0.15, 0.2) is 17.1 Å². The fourth-order valence-corrected chi connectivity index (χ4v) is 2.62. The summed E-state index contributed by atoms with van der Waals surface area (Å²) in [4.78, 5) is 6.66. The van der Waals surface area contributed by atoms with Crippen molar-refractivity contribution in [2.45, 2.75) is 77.8 Å². The van der Waals surface area contributed by atoms with E-state index in [1.807, 2.05) is 6.92 Å². The number of amidine groups is 1. The van der Waals surface area contributed by atoms with E-state index < -0.39 is 0 Å². The maximum absolute atomic E-state index is 5.92. The molecule has 0 saturated heterocycles. The van der Waals surface area contributed by atoms with E-state index in [-0.39, 0.29) is 6.17 Å². The van der Waals surface area contributed by atoms with E-state index in [0.29, 0.717) is 0 Å². The van der Waals surface area contributed by atoms with Crippen molar-refractivity contribution in [1.29, 1.82) is 0 Å². The highest BCUT2D eigenvalue weighted by Crippen LogP contribution is 2.10. The van der Waals surface area contributed by atoms with Crippen LogP contribution in [-0.2, 0) is 0 Å². The lowest BCUT2D eigenvalue weighted by Gasteiger charge is -2.22. The third kappa shape index (κ3) is 7.09. The summed E-state index contributed by atoms with van der Waals surface area (Å²) >= 11 is 0. The second-order valence-corrected chi connectivity index (χ2v) is 5.84. The van der Waals surface area contributed by atoms with Gasteiger partial charge in [-0.25, -0.2) is 0 Å². The van der Waals surface area contributed by atoms with Gasteiger partial charge in [-0.2, -0.15) is 0 Å². The molecule has 2 N–H and O–H groups in total. The van der Waals surface area contributed by atoms with Crippen molar-refractivity contribution >= 4 is 5.84 Å². The van der Waals surface area contributed by atoms with Gasteiger partial charge in [0.25, 0.3) is 0 Å². The molecule has 0 aliphatic carbocycles. The average molecular weight is 279 g/mol. The van der Waals surface area contributed by atoms with E-state index in [1.54, 1.807) is 0 Å². The molecule has 0 fully saturated rings. The second kappa shape index (κ2) is 10.9. The molecule has 1 heterocycles. The first kappa shape index (κ1) is 17.2. The normalized spacial score (nSPS) is 16.9. The molecule has 1 rings (SSSR count). The van der Waals surface area contributed by atoms with Crippen LogP contribution in [0.4, 0.5) is 0 Å². The Bertz CT molecular complexity index is 295. The Morgan fingerprint density at radius 1 is 1.15 bits per heavy atom. The summed E-state index contributed by atoms with van der Waals surface area (Å²) in [5.41, 5.74) is 5.92. The van der Waals surface area contributed by atoms with E-state index in [4.69, 9.17) is 5.73 Å². The van der Waals surface area contributed by atoms with E-state index in [2.05, 4.69) is 29.0 Å². The minimum absolute atomic E-state index is 0.0732. The fraction of sp³-hybridized carbons (Fsp3) is 0.824. The quantitative estimate of drug-likeness (QED) is 0.579. The molecule has 20 heavy (non-hydrogen) atoms. The van der Waals surface area contributed by atoms with Crippen LogP contribution < -0.4 is 5.73 Å². The Kier molecular flexibility index (Phi) is 9.38. The molecule has 0 spiro atoms. The third-order valence-corrected chi connectivity index (χ3v) is 3.89. The van der Waals surface area contributed by atoms with Gasteiger partial charge >= 0.3 is 0 Å². The number of hydrogen-bond donors (Lipinski definition) is 1. The van der Waals surface area contributed by atoms with Crippen molar-refractivity contribution in [2.75, 3.05) is 13.1 Å². The smallest absolute Gasteiger partial charge is 0.124 e. The van der Waals surface area contributed by atoms with Gasteiger partial charge in [-0.15, -0.1) is 0 Å². The van der Waals surface area contributed by atoms with Gasteiger partial charge in [0.2, 0.25) is 0 Å². The summed E-state index contributed by atoms with van der Waals surface area (Å²) in [6.45, 7) is 6.15. The van der Waals surface area contributed by atoms with Crippen LogP contribution >= 0.6 is 0 Å². The zero-order valence-electron chi connectivity index (χ0n) is 13.5. The van der Waals surface area contributed by atoms with Crippen LogP contribution in [0.1, 0.15) is 71.6 Å². The first-order valence-electron chi connectivity index (χ1n) is 8.49. The first-order valence-corrected chi connectivity index (χ1v) is 8.49. The molecule has 0 aromatic rings. The van der Waals surface area contributed by atoms with Crippen LogP contribution in [0, 0.1) is 0 Å². The molecule has 0 aromatic heterocycles. The van der Waals surface area contributed by atoms with Gasteiger partial charge in [0.15, 0.2) is 0 Å². The number of unbranched alkanes of at least 4 members (excludes halogenated alkanes) is 8. The SMILES string of the molecule is CCCCCCCCCCC=CC1=NCCN1C(C)N. The van der Waals surface area contributed by atoms with E-state index in [1.165, 1.54) is 57.8 Å². The minimum atomic E-state index is 0.0732. The van der Waals surface area contributed by atoms with Crippen LogP contribution in [0.2, 0.25) is 0 Å². The summed E-state index contributed by atoms with van der Waals surface area (Å²) < 4.78 is 0. The van der Waals surface area contributed by atoms with Crippen molar-refractivity contribution in [3.8, 4) is 0 Å². The average Bonchev–Trinajstić information content (AvgIpc) is 2.89. The van der Waals surface area contributed by atoms with E-state index in [0.717, 1.165) is 18.9 Å². The van der Waals surface area contributed by atoms with E-state index >= 15 is 0 Å². The molecule has 1 aliphatic rings. The molecule has 0 amide bonds. The molecular weight excluding hydrogens is 246 g/mol. The third-order valence-electron chi connectivity index (χ3n) is 3.89. The Balaban J connectivity index is 1.99. The molecule has 116 valence electrons. The zero-order valence-corrected chi connectivity index (χ0v) is 13.5. The summed E-state index contributed by atoms with van der Waals surface area (Å²) in [6, 6.07) is 0. The van der Waals surface area contributed by atoms with Crippen LogP contribution in [0.3, 0.4) is 0 Å². The standard InChI is InChI=1S/C17H33N3/c1-3-4-5-6-7-8-9-10-11-12-13-17-19-14-15-20(17)16(2)18/h12-13,16H,3-11,14-15,18H2,1-2H3. The number of aliphatic imine (C=N–C) groups is 1. The number of rotatable bonds is 11. The Labute approximate surface area is 125 Å². The van der Waals surface area contributed by atoms with Crippen molar-refractivity contribution in [3.05, 3.63) is 12.2 Å². The molecule has 1 atom stereocenters. The van der Waals surface area contributed by atoms with Gasteiger partial charge < -0.3 is 10.6 Å². The van der Waals surface area contributed by atoms with Gasteiger partial charge in [-0.05, 0) is 25.8 Å². The zero-order chi connectivity index (χ0) is 14.6. The number of nitrogens with zero attached hydrogens (tertiary/aromatic N) is 2. The predicted molar refractivity (Wildman–Crippen MR) is 89.0 cm³/mol. The predicted octanol–water partition coefficient (Wildman–Crippen LogP) is 4.09. The van der Waals surface area contributed by atoms with Crippen molar-refractivity contribution in [3.63, 3.8) is 0 Å². The lowest BCUT2D eigenvalue weighted by molar-refractivity contribution is 0.367. The topological polar surface area (TPSA) is 41.6 Å². The highest BCUT2D eigenvalue weighted by atomic mass is 15.3. The highest BCUT2D eigenvalue weighted by molar-refractivity contribution is 5.94. The Morgan fingerprint density at radius 2 is 1.80 bits per heavy atom. The molecule has 0 aromatic carbocycles. The summed E-state index contributed by atoms with van der Waals surface area (Å²) in [7, 11) is 0. The maximum Gasteiger partial charge on any atom is 0.124 e. The summed E-state index contributed by atoms with van der Waals surface area (Å²) in [5.74, 6) is 1.07. The number of allylic oxidation sites excluding steroid dienone is 1. The molecule has 1 aliphatic heterocycles. The molecule has 3 heteroatoms. The van der Waals surface area contributed by atoms with Gasteiger partial charge in [0.05, 0.1) is 12.7 Å². The first-order chi connectivity index (χ1) is 9.75. The number of hydrogen-bond acceptors (Lipinski definition) is 3. The molecule has 3 nitrogen and oxygen atoms in total. The lowest BCUT2D eigenvalue weighted by Crippen LogP contribution is -2.41. The maximum atomic E-state index is 5.92. The van der Waals surface area contributed by atoms with Crippen molar-refractivity contribution in [1.82, 2.24) is 4.90 Å². The lowest BCUT2D eigenvalue weighted by atomic mass is 10.1. The van der Waals surface area contributed by atoms with Crippen LogP contribution in [0.25, 0.3) is 0 Å². The molecule has 0 saturated carbocycles. The Morgan fingerprint density at radius 3 is 2.45 bits per heavy atom. The van der Waals surface area contributed by atoms with Crippen LogP contribution in [-0.4, -0.2) is 30.0 Å². The fourth-order valence-electron chi connectivity index (χ4n) is 2.62. The van der Waals surface area contributed by atoms with Crippen molar-refractivity contribution in [2.24, 2.45) is 10.7 Å². The Hall–Kier alpha value is -0.830. The molecule has 0 radical (unpaired) electrons. The van der Waals surface area contributed by atoms with Gasteiger partial charge in [-0.1, -0.05) is 57.9 Å². The molecule has 1 unspecified atom stereocenters. The summed E-state index contributed by atoms with van der Waals surface area (Å²) in [6.07, 6.45) is 16.7. The number of nitrogens with two attached hydrogens (primary N) is 1. The largest absolute Gasteiger partial charge is 0.340 e. The van der Waals surface area contributed by atoms with Crippen molar-refractivity contribution < 1.29 is 0 Å².